The molecule has 0 fully saturated rings. The Hall–Kier alpha value is -3.72. The second kappa shape index (κ2) is 9.64. The fourth-order valence-electron chi connectivity index (χ4n) is 3.91. The molecular formula is C25H26O9. The highest BCUT2D eigenvalue weighted by molar-refractivity contribution is 6.01. The number of esters is 3. The number of hydrogen-bond acceptors (Lipinski definition) is 9. The molecule has 1 aromatic carbocycles. The number of allylic oxidation sites excluding steroid dienone is 3. The van der Waals surface area contributed by atoms with Crippen molar-refractivity contribution < 1.29 is 43.2 Å². The number of carbonyl (C=O) groups excluding carboxylic acids is 4. The fraction of sp³-hybridized carbons (Fsp3) is 0.360. The minimum absolute atomic E-state index is 0.0740. The molecule has 9 heteroatoms. The van der Waals surface area contributed by atoms with Gasteiger partial charge in [0.15, 0.2) is 11.4 Å². The van der Waals surface area contributed by atoms with Crippen LogP contribution in [-0.2, 0) is 23.9 Å². The van der Waals surface area contributed by atoms with Gasteiger partial charge in [0, 0.05) is 19.9 Å². The molecule has 1 heterocycles. The number of hydrogen-bond donors (Lipinski definition) is 1. The van der Waals surface area contributed by atoms with E-state index in [-0.39, 0.29) is 23.7 Å². The van der Waals surface area contributed by atoms with E-state index in [1.165, 1.54) is 32.1 Å². The quantitative estimate of drug-likeness (QED) is 0.511. The Morgan fingerprint density at radius 3 is 2.44 bits per heavy atom. The summed E-state index contributed by atoms with van der Waals surface area (Å²) in [7, 11) is 0. The lowest BCUT2D eigenvalue weighted by molar-refractivity contribution is -0.151. The van der Waals surface area contributed by atoms with Crippen molar-refractivity contribution >= 4 is 23.7 Å². The standard InChI is InChI=1S/C25H26O9/c1-6-7-17-9-16-10-21(28)25(5,30)23(19(16)12-31-17)34-24(29)22-13(2)8-18(32-14(3)26)11-20(22)33-15(4)27/h6-11,19,23,30H,12H2,1-5H3. The van der Waals surface area contributed by atoms with Gasteiger partial charge >= 0.3 is 17.9 Å². The summed E-state index contributed by atoms with van der Waals surface area (Å²) in [6.45, 7) is 7.07. The topological polar surface area (TPSA) is 125 Å². The number of aryl methyl sites for hydroxylation is 1. The van der Waals surface area contributed by atoms with Gasteiger partial charge in [-0.1, -0.05) is 6.08 Å². The van der Waals surface area contributed by atoms with Crippen LogP contribution in [0.2, 0.25) is 0 Å². The SMILES string of the molecule is CC=CC1=CC2=CC(=O)C(C)(O)C(OC(=O)c3c(C)cc(OC(C)=O)cc3OC(C)=O)C2CO1. The molecular weight excluding hydrogens is 444 g/mol. The summed E-state index contributed by atoms with van der Waals surface area (Å²) in [4.78, 5) is 48.9. The summed E-state index contributed by atoms with van der Waals surface area (Å²) in [5, 5.41) is 10.9. The van der Waals surface area contributed by atoms with E-state index in [2.05, 4.69) is 0 Å². The van der Waals surface area contributed by atoms with Gasteiger partial charge in [0.1, 0.15) is 28.9 Å². The Kier molecular flexibility index (Phi) is 7.07. The van der Waals surface area contributed by atoms with Gasteiger partial charge in [0.05, 0.1) is 12.5 Å². The summed E-state index contributed by atoms with van der Waals surface area (Å²) in [5.74, 6) is -3.01. The van der Waals surface area contributed by atoms with Crippen LogP contribution in [0, 0.1) is 12.8 Å². The van der Waals surface area contributed by atoms with Gasteiger partial charge in [0.25, 0.3) is 0 Å². The van der Waals surface area contributed by atoms with Crippen LogP contribution in [0.5, 0.6) is 11.5 Å². The zero-order chi connectivity index (χ0) is 25.2. The first-order valence-corrected chi connectivity index (χ1v) is 10.6. The third-order valence-electron chi connectivity index (χ3n) is 5.44. The largest absolute Gasteiger partial charge is 0.493 e. The lowest BCUT2D eigenvalue weighted by Crippen LogP contribution is -2.56. The minimum Gasteiger partial charge on any atom is -0.493 e. The molecule has 180 valence electrons. The molecule has 0 amide bonds. The Morgan fingerprint density at radius 2 is 1.82 bits per heavy atom. The molecule has 34 heavy (non-hydrogen) atoms. The first kappa shape index (κ1) is 24.9. The second-order valence-corrected chi connectivity index (χ2v) is 8.25. The molecule has 3 unspecified atom stereocenters. The molecule has 0 aromatic heterocycles. The van der Waals surface area contributed by atoms with Crippen LogP contribution in [0.4, 0.5) is 0 Å². The van der Waals surface area contributed by atoms with Gasteiger partial charge < -0.3 is 24.1 Å². The predicted octanol–water partition coefficient (Wildman–Crippen LogP) is 2.74. The van der Waals surface area contributed by atoms with E-state index in [0.29, 0.717) is 16.9 Å². The zero-order valence-corrected chi connectivity index (χ0v) is 19.5. The maximum atomic E-state index is 13.3. The number of ether oxygens (including phenoxy) is 4. The maximum absolute atomic E-state index is 13.3. The molecule has 1 aliphatic carbocycles. The van der Waals surface area contributed by atoms with Crippen LogP contribution >= 0.6 is 0 Å². The Bertz CT molecular complexity index is 1140. The number of aliphatic hydroxyl groups is 1. The van der Waals surface area contributed by atoms with Gasteiger partial charge in [-0.15, -0.1) is 0 Å². The minimum atomic E-state index is -2.01. The lowest BCUT2D eigenvalue weighted by atomic mass is 9.75. The third-order valence-corrected chi connectivity index (χ3v) is 5.44. The highest BCUT2D eigenvalue weighted by Gasteiger charge is 2.51. The predicted molar refractivity (Wildman–Crippen MR) is 119 cm³/mol. The number of benzene rings is 1. The monoisotopic (exact) mass is 470 g/mol. The summed E-state index contributed by atoms with van der Waals surface area (Å²) in [5.41, 5.74) is -1.25. The molecule has 0 saturated carbocycles. The number of fused-ring (bicyclic) bond motifs is 1. The van der Waals surface area contributed by atoms with Crippen LogP contribution in [0.15, 0.2) is 47.8 Å². The Labute approximate surface area is 196 Å². The van der Waals surface area contributed by atoms with E-state index in [0.717, 1.165) is 6.92 Å². The van der Waals surface area contributed by atoms with Crippen molar-refractivity contribution in [3.8, 4) is 11.5 Å². The molecule has 1 aromatic rings. The number of ketones is 1. The average Bonchev–Trinajstić information content (AvgIpc) is 2.70. The van der Waals surface area contributed by atoms with Crippen molar-refractivity contribution in [3.63, 3.8) is 0 Å². The third kappa shape index (κ3) is 5.09. The first-order chi connectivity index (χ1) is 15.9. The van der Waals surface area contributed by atoms with E-state index < -0.39 is 41.3 Å². The van der Waals surface area contributed by atoms with Crippen LogP contribution in [0.1, 0.15) is 43.6 Å². The van der Waals surface area contributed by atoms with Crippen molar-refractivity contribution in [3.05, 3.63) is 58.9 Å². The molecule has 0 spiro atoms. The van der Waals surface area contributed by atoms with Gasteiger partial charge in [-0.3, -0.25) is 14.4 Å². The molecule has 3 atom stereocenters. The Balaban J connectivity index is 1.99. The Morgan fingerprint density at radius 1 is 1.15 bits per heavy atom. The van der Waals surface area contributed by atoms with Crippen molar-refractivity contribution in [2.24, 2.45) is 5.92 Å². The van der Waals surface area contributed by atoms with E-state index in [1.807, 2.05) is 6.92 Å². The summed E-state index contributed by atoms with van der Waals surface area (Å²) >= 11 is 0. The first-order valence-electron chi connectivity index (χ1n) is 10.6. The van der Waals surface area contributed by atoms with Crippen molar-refractivity contribution in [2.75, 3.05) is 6.61 Å². The summed E-state index contributed by atoms with van der Waals surface area (Å²) < 4.78 is 21.6. The summed E-state index contributed by atoms with van der Waals surface area (Å²) in [6, 6.07) is 2.63. The van der Waals surface area contributed by atoms with Crippen molar-refractivity contribution in [1.29, 1.82) is 0 Å². The van der Waals surface area contributed by atoms with E-state index >= 15 is 0 Å². The number of rotatable bonds is 5. The highest BCUT2D eigenvalue weighted by Crippen LogP contribution is 2.39. The molecule has 0 radical (unpaired) electrons. The van der Waals surface area contributed by atoms with Crippen LogP contribution < -0.4 is 9.47 Å². The zero-order valence-electron chi connectivity index (χ0n) is 19.5. The molecule has 2 aliphatic rings. The van der Waals surface area contributed by atoms with Crippen LogP contribution in [0.25, 0.3) is 0 Å². The van der Waals surface area contributed by atoms with Crippen LogP contribution in [-0.4, -0.2) is 47.1 Å². The normalized spacial score (nSPS) is 23.9. The molecule has 1 N–H and O–H groups in total. The molecule has 1 aliphatic heterocycles. The molecule has 9 nitrogen and oxygen atoms in total. The molecule has 0 bridgehead atoms. The van der Waals surface area contributed by atoms with Gasteiger partial charge in [-0.25, -0.2) is 4.79 Å². The molecule has 0 saturated heterocycles. The summed E-state index contributed by atoms with van der Waals surface area (Å²) in [6.07, 6.45) is 5.22. The van der Waals surface area contributed by atoms with Crippen molar-refractivity contribution in [2.45, 2.75) is 46.3 Å². The van der Waals surface area contributed by atoms with E-state index in [9.17, 15) is 24.3 Å². The lowest BCUT2D eigenvalue weighted by Gasteiger charge is -2.41. The van der Waals surface area contributed by atoms with Crippen LogP contribution in [0.3, 0.4) is 0 Å². The smallest absolute Gasteiger partial charge is 0.342 e. The number of carbonyl (C=O) groups is 4. The fourth-order valence-corrected chi connectivity index (χ4v) is 3.91. The van der Waals surface area contributed by atoms with E-state index in [4.69, 9.17) is 18.9 Å². The molecule has 3 rings (SSSR count). The van der Waals surface area contributed by atoms with Gasteiger partial charge in [-0.2, -0.15) is 0 Å². The highest BCUT2D eigenvalue weighted by atomic mass is 16.6. The van der Waals surface area contributed by atoms with Gasteiger partial charge in [0.2, 0.25) is 0 Å². The van der Waals surface area contributed by atoms with Crippen molar-refractivity contribution in [1.82, 2.24) is 0 Å². The van der Waals surface area contributed by atoms with E-state index in [1.54, 1.807) is 25.2 Å². The average molecular weight is 470 g/mol. The second-order valence-electron chi connectivity index (χ2n) is 8.25. The maximum Gasteiger partial charge on any atom is 0.342 e. The van der Waals surface area contributed by atoms with Gasteiger partial charge in [-0.05, 0) is 56.2 Å².